The Kier molecular flexibility index (Phi) is 6.35. The van der Waals surface area contributed by atoms with Crippen LogP contribution in [0.25, 0.3) is 11.1 Å². The minimum Gasteiger partial charge on any atom is -0.392 e. The maximum Gasteiger partial charge on any atom is 0.255 e. The molecule has 3 N–H and O–H groups in total. The zero-order chi connectivity index (χ0) is 21.1. The van der Waals surface area contributed by atoms with Crippen LogP contribution in [0.1, 0.15) is 39.2 Å². The number of fused-ring (bicyclic) bond motifs is 3. The first-order valence-electron chi connectivity index (χ1n) is 10.1. The zero-order valence-corrected chi connectivity index (χ0v) is 17.3. The molecule has 3 atom stereocenters. The van der Waals surface area contributed by atoms with E-state index in [-0.39, 0.29) is 17.7 Å². The number of carbonyl (C=O) groups excluding carboxylic acids is 2. The number of nitrogens with one attached hydrogen (secondary N) is 2. The molecule has 0 aromatic heterocycles. The summed E-state index contributed by atoms with van der Waals surface area (Å²) in [6.45, 7) is 7.71. The molecule has 1 heterocycles. The van der Waals surface area contributed by atoms with Gasteiger partial charge in [0, 0.05) is 12.1 Å². The van der Waals surface area contributed by atoms with E-state index in [1.807, 2.05) is 69.3 Å². The maximum atomic E-state index is 13.2. The molecule has 2 aromatic rings. The van der Waals surface area contributed by atoms with Crippen molar-refractivity contribution in [3.8, 4) is 11.1 Å². The van der Waals surface area contributed by atoms with E-state index in [0.717, 1.165) is 16.7 Å². The summed E-state index contributed by atoms with van der Waals surface area (Å²) in [4.78, 5) is 26.0. The lowest BCUT2D eigenvalue weighted by atomic mass is 9.92. The standard InChI is InChI=1S/C23H29N3O3/c1-14(2)21(27)13-24-16(4)22(28)25-26-20-12-8-7-11-19(20)18-10-6-5-9-17(18)15(3)23(26)29/h5-12,14-16,21,24,27H,13H2,1-4H3,(H,25,28)/t15?,16-,21+/m0/s1. The highest BCUT2D eigenvalue weighted by atomic mass is 16.3. The number of aliphatic hydroxyl groups excluding tert-OH is 1. The summed E-state index contributed by atoms with van der Waals surface area (Å²) in [5.74, 6) is -0.825. The van der Waals surface area contributed by atoms with Crippen LogP contribution in [0.2, 0.25) is 0 Å². The number of amides is 2. The van der Waals surface area contributed by atoms with E-state index in [4.69, 9.17) is 0 Å². The largest absolute Gasteiger partial charge is 0.392 e. The van der Waals surface area contributed by atoms with E-state index in [1.165, 1.54) is 5.01 Å². The van der Waals surface area contributed by atoms with Crippen LogP contribution in [-0.4, -0.2) is 35.6 Å². The van der Waals surface area contributed by atoms with Crippen LogP contribution in [0.15, 0.2) is 48.5 Å². The van der Waals surface area contributed by atoms with Crippen molar-refractivity contribution in [2.24, 2.45) is 5.92 Å². The minimum atomic E-state index is -0.565. The highest BCUT2D eigenvalue weighted by Gasteiger charge is 2.33. The number of anilines is 1. The molecule has 6 heteroatoms. The Morgan fingerprint density at radius 2 is 1.69 bits per heavy atom. The van der Waals surface area contributed by atoms with Crippen molar-refractivity contribution >= 4 is 17.5 Å². The second-order valence-corrected chi connectivity index (χ2v) is 7.92. The van der Waals surface area contributed by atoms with E-state index in [9.17, 15) is 14.7 Å². The Bertz CT molecular complexity index is 896. The molecule has 0 saturated heterocycles. The Labute approximate surface area is 171 Å². The molecule has 0 spiro atoms. The van der Waals surface area contributed by atoms with Crippen molar-refractivity contribution in [1.29, 1.82) is 0 Å². The number of rotatable bonds is 6. The zero-order valence-electron chi connectivity index (χ0n) is 17.3. The van der Waals surface area contributed by atoms with Gasteiger partial charge in [0.1, 0.15) is 0 Å². The Morgan fingerprint density at radius 3 is 2.38 bits per heavy atom. The van der Waals surface area contributed by atoms with Gasteiger partial charge in [-0.1, -0.05) is 56.3 Å². The second kappa shape index (κ2) is 8.76. The van der Waals surface area contributed by atoms with Crippen LogP contribution in [-0.2, 0) is 9.59 Å². The van der Waals surface area contributed by atoms with Gasteiger partial charge in [-0.25, -0.2) is 5.01 Å². The molecule has 3 rings (SSSR count). The molecular weight excluding hydrogens is 366 g/mol. The van der Waals surface area contributed by atoms with E-state index in [2.05, 4.69) is 10.7 Å². The number of hydrogen-bond donors (Lipinski definition) is 3. The molecular formula is C23H29N3O3. The summed E-state index contributed by atoms with van der Waals surface area (Å²) < 4.78 is 0. The summed E-state index contributed by atoms with van der Waals surface area (Å²) in [5, 5.41) is 14.4. The normalized spacial score (nSPS) is 17.9. The Hall–Kier alpha value is -2.70. The number of hydrogen-bond acceptors (Lipinski definition) is 4. The van der Waals surface area contributed by atoms with Gasteiger partial charge >= 0.3 is 0 Å². The Balaban J connectivity index is 1.86. The molecule has 0 bridgehead atoms. The van der Waals surface area contributed by atoms with Crippen molar-refractivity contribution in [2.45, 2.75) is 45.8 Å². The maximum absolute atomic E-state index is 13.2. The summed E-state index contributed by atoms with van der Waals surface area (Å²) in [6, 6.07) is 14.8. The molecule has 1 aliphatic rings. The summed E-state index contributed by atoms with van der Waals surface area (Å²) >= 11 is 0. The minimum absolute atomic E-state index is 0.0937. The van der Waals surface area contributed by atoms with Crippen LogP contribution in [0, 0.1) is 5.92 Å². The molecule has 2 amide bonds. The van der Waals surface area contributed by atoms with Gasteiger partial charge in [-0.15, -0.1) is 0 Å². The molecule has 154 valence electrons. The first kappa shape index (κ1) is 21.0. The molecule has 1 aliphatic heterocycles. The second-order valence-electron chi connectivity index (χ2n) is 7.92. The number of para-hydroxylation sites is 1. The van der Waals surface area contributed by atoms with Gasteiger partial charge in [-0.05, 0) is 37.0 Å². The van der Waals surface area contributed by atoms with Crippen LogP contribution in [0.4, 0.5) is 5.69 Å². The van der Waals surface area contributed by atoms with E-state index < -0.39 is 18.1 Å². The van der Waals surface area contributed by atoms with Gasteiger partial charge in [-0.2, -0.15) is 0 Å². The van der Waals surface area contributed by atoms with E-state index in [1.54, 1.807) is 6.92 Å². The average molecular weight is 396 g/mol. The van der Waals surface area contributed by atoms with E-state index >= 15 is 0 Å². The summed E-state index contributed by atoms with van der Waals surface area (Å²) in [7, 11) is 0. The Morgan fingerprint density at radius 1 is 1.07 bits per heavy atom. The molecule has 0 fully saturated rings. The van der Waals surface area contributed by atoms with Crippen molar-refractivity contribution in [3.63, 3.8) is 0 Å². The predicted octanol–water partition coefficient (Wildman–Crippen LogP) is 2.83. The fourth-order valence-electron chi connectivity index (χ4n) is 3.41. The summed E-state index contributed by atoms with van der Waals surface area (Å²) in [5.41, 5.74) is 6.26. The first-order valence-corrected chi connectivity index (χ1v) is 10.1. The SMILES string of the molecule is CC1C(=O)N(NC(=O)[C@H](C)NC[C@@H](O)C(C)C)c2ccccc2-c2ccccc21. The lowest BCUT2D eigenvalue weighted by molar-refractivity contribution is -0.127. The molecule has 29 heavy (non-hydrogen) atoms. The van der Waals surface area contributed by atoms with Crippen molar-refractivity contribution in [2.75, 3.05) is 11.6 Å². The fourth-order valence-corrected chi connectivity index (χ4v) is 3.41. The van der Waals surface area contributed by atoms with Gasteiger partial charge in [0.25, 0.3) is 11.8 Å². The highest BCUT2D eigenvalue weighted by molar-refractivity contribution is 6.06. The van der Waals surface area contributed by atoms with Crippen LogP contribution in [0.3, 0.4) is 0 Å². The smallest absolute Gasteiger partial charge is 0.255 e. The highest BCUT2D eigenvalue weighted by Crippen LogP contribution is 2.39. The molecule has 0 aliphatic carbocycles. The van der Waals surface area contributed by atoms with E-state index in [0.29, 0.717) is 12.2 Å². The third-order valence-electron chi connectivity index (χ3n) is 5.47. The van der Waals surface area contributed by atoms with Crippen molar-refractivity contribution in [3.05, 3.63) is 54.1 Å². The van der Waals surface area contributed by atoms with Gasteiger partial charge in [-0.3, -0.25) is 15.0 Å². The fraction of sp³-hybridized carbons (Fsp3) is 0.391. The number of carbonyl (C=O) groups is 2. The van der Waals surface area contributed by atoms with Gasteiger partial charge in [0.15, 0.2) is 0 Å². The number of benzene rings is 2. The number of hydrazine groups is 1. The third kappa shape index (κ3) is 4.33. The third-order valence-corrected chi connectivity index (χ3v) is 5.47. The number of nitrogens with zero attached hydrogens (tertiary/aromatic N) is 1. The lowest BCUT2D eigenvalue weighted by Crippen LogP contribution is -2.54. The number of aliphatic hydroxyl groups is 1. The van der Waals surface area contributed by atoms with Crippen LogP contribution < -0.4 is 15.8 Å². The van der Waals surface area contributed by atoms with Gasteiger partial charge in [0.2, 0.25) is 0 Å². The summed E-state index contributed by atoms with van der Waals surface area (Å²) in [6.07, 6.45) is -0.541. The van der Waals surface area contributed by atoms with Crippen molar-refractivity contribution in [1.82, 2.24) is 10.7 Å². The molecule has 0 saturated carbocycles. The van der Waals surface area contributed by atoms with Crippen molar-refractivity contribution < 1.29 is 14.7 Å². The molecule has 1 unspecified atom stereocenters. The average Bonchev–Trinajstić information content (AvgIpc) is 2.81. The van der Waals surface area contributed by atoms with Gasteiger partial charge < -0.3 is 10.4 Å². The molecule has 2 aromatic carbocycles. The monoisotopic (exact) mass is 395 g/mol. The topological polar surface area (TPSA) is 81.7 Å². The first-order chi connectivity index (χ1) is 13.8. The predicted molar refractivity (Wildman–Crippen MR) is 114 cm³/mol. The van der Waals surface area contributed by atoms with Crippen LogP contribution >= 0.6 is 0 Å². The lowest BCUT2D eigenvalue weighted by Gasteiger charge is -2.27. The molecule has 6 nitrogen and oxygen atoms in total. The van der Waals surface area contributed by atoms with Crippen LogP contribution in [0.5, 0.6) is 0 Å². The molecule has 0 radical (unpaired) electrons. The quantitative estimate of drug-likeness (QED) is 0.703. The van der Waals surface area contributed by atoms with Gasteiger partial charge in [0.05, 0.1) is 23.8 Å².